The number of ether oxygens (including phenoxy) is 1. The molecule has 0 unspecified atom stereocenters. The van der Waals surface area contributed by atoms with Gasteiger partial charge in [0.05, 0.1) is 16.8 Å². The van der Waals surface area contributed by atoms with Crippen LogP contribution in [0.3, 0.4) is 0 Å². The van der Waals surface area contributed by atoms with Crippen LogP contribution in [-0.2, 0) is 10.3 Å². The van der Waals surface area contributed by atoms with Crippen molar-refractivity contribution in [3.05, 3.63) is 16.1 Å². The number of aliphatic hydroxyl groups is 1. The topological polar surface area (TPSA) is 42.4 Å². The van der Waals surface area contributed by atoms with E-state index in [0.29, 0.717) is 12.8 Å². The first-order chi connectivity index (χ1) is 6.64. The second kappa shape index (κ2) is 3.61. The number of rotatable bonds is 3. The molecule has 0 bridgehead atoms. The first-order valence-corrected chi connectivity index (χ1v) is 5.78. The molecule has 0 aromatic carbocycles. The molecule has 3 nitrogen and oxygen atoms in total. The highest BCUT2D eigenvalue weighted by Gasteiger charge is 2.46. The lowest BCUT2D eigenvalue weighted by atomic mass is 9.75. The predicted molar refractivity (Wildman–Crippen MR) is 55.4 cm³/mol. The second-order valence-corrected chi connectivity index (χ2v) is 4.83. The summed E-state index contributed by atoms with van der Waals surface area (Å²) < 4.78 is 5.42. The van der Waals surface area contributed by atoms with Gasteiger partial charge in [0, 0.05) is 24.8 Å². The maximum absolute atomic E-state index is 10.2. The summed E-state index contributed by atoms with van der Waals surface area (Å²) in [6.07, 6.45) is 1.58. The lowest BCUT2D eigenvalue weighted by Gasteiger charge is -2.42. The minimum absolute atomic E-state index is 0.215. The van der Waals surface area contributed by atoms with Gasteiger partial charge in [-0.25, -0.2) is 4.98 Å². The molecule has 2 rings (SSSR count). The minimum Gasteiger partial charge on any atom is -0.383 e. The molecular formula is C10H15NO2S. The molecule has 1 N–H and O–H groups in total. The minimum atomic E-state index is -0.718. The predicted octanol–water partition coefficient (Wildman–Crippen LogP) is 1.84. The van der Waals surface area contributed by atoms with E-state index < -0.39 is 5.60 Å². The Morgan fingerprint density at radius 2 is 2.43 bits per heavy atom. The zero-order valence-electron chi connectivity index (χ0n) is 8.49. The van der Waals surface area contributed by atoms with Gasteiger partial charge in [0.2, 0.25) is 0 Å². The van der Waals surface area contributed by atoms with Crippen molar-refractivity contribution in [2.24, 2.45) is 0 Å². The van der Waals surface area contributed by atoms with Gasteiger partial charge in [-0.3, -0.25) is 0 Å². The smallest absolute Gasteiger partial charge is 0.112 e. The van der Waals surface area contributed by atoms with Gasteiger partial charge in [0.15, 0.2) is 0 Å². The molecule has 0 amide bonds. The number of thiazole rings is 1. The summed E-state index contributed by atoms with van der Waals surface area (Å²) in [4.78, 5) is 4.31. The first-order valence-electron chi connectivity index (χ1n) is 4.90. The average molecular weight is 213 g/mol. The molecule has 0 radical (unpaired) electrons. The van der Waals surface area contributed by atoms with Crippen molar-refractivity contribution < 1.29 is 9.84 Å². The van der Waals surface area contributed by atoms with Crippen molar-refractivity contribution >= 4 is 11.3 Å². The quantitative estimate of drug-likeness (QED) is 0.833. The molecule has 0 spiro atoms. The summed E-state index contributed by atoms with van der Waals surface area (Å²) in [5.41, 5.74) is 0.0980. The van der Waals surface area contributed by atoms with Gasteiger partial charge in [-0.1, -0.05) is 0 Å². The molecule has 1 fully saturated rings. The van der Waals surface area contributed by atoms with Crippen molar-refractivity contribution in [2.75, 3.05) is 6.61 Å². The van der Waals surface area contributed by atoms with Crippen molar-refractivity contribution in [3.8, 4) is 0 Å². The van der Waals surface area contributed by atoms with Gasteiger partial charge >= 0.3 is 0 Å². The summed E-state index contributed by atoms with van der Waals surface area (Å²) >= 11 is 1.58. The maximum Gasteiger partial charge on any atom is 0.112 e. The molecule has 0 aliphatic heterocycles. The molecule has 1 aromatic heterocycles. The number of nitrogens with zero attached hydrogens (tertiary/aromatic N) is 1. The highest BCUT2D eigenvalue weighted by molar-refractivity contribution is 7.09. The monoisotopic (exact) mass is 213 g/mol. The van der Waals surface area contributed by atoms with Crippen LogP contribution < -0.4 is 0 Å². The Hall–Kier alpha value is -0.450. The average Bonchev–Trinajstić information content (AvgIpc) is 2.49. The summed E-state index contributed by atoms with van der Waals surface area (Å²) in [7, 11) is 0. The van der Waals surface area contributed by atoms with E-state index in [1.165, 1.54) is 0 Å². The normalized spacial score (nSPS) is 31.5. The van der Waals surface area contributed by atoms with E-state index in [-0.39, 0.29) is 6.10 Å². The van der Waals surface area contributed by atoms with Gasteiger partial charge in [-0.05, 0) is 13.8 Å². The number of aromatic nitrogens is 1. The van der Waals surface area contributed by atoms with Gasteiger partial charge in [0.1, 0.15) is 5.60 Å². The van der Waals surface area contributed by atoms with Crippen LogP contribution in [0.1, 0.15) is 30.5 Å². The van der Waals surface area contributed by atoms with Crippen LogP contribution in [0.5, 0.6) is 0 Å². The van der Waals surface area contributed by atoms with E-state index >= 15 is 0 Å². The SMILES string of the molecule is CCOC1CC(O)(c2csc(C)n2)C1. The largest absolute Gasteiger partial charge is 0.383 e. The van der Waals surface area contributed by atoms with Crippen LogP contribution in [0.4, 0.5) is 0 Å². The highest BCUT2D eigenvalue weighted by Crippen LogP contribution is 2.42. The molecule has 1 heterocycles. The fourth-order valence-corrected chi connectivity index (χ4v) is 2.54. The molecule has 1 aliphatic carbocycles. The Morgan fingerprint density at radius 1 is 1.71 bits per heavy atom. The van der Waals surface area contributed by atoms with E-state index in [9.17, 15) is 5.11 Å². The molecule has 0 atom stereocenters. The fourth-order valence-electron chi connectivity index (χ4n) is 1.83. The third kappa shape index (κ3) is 1.69. The summed E-state index contributed by atoms with van der Waals surface area (Å²) in [6, 6.07) is 0. The van der Waals surface area contributed by atoms with Crippen molar-refractivity contribution in [1.82, 2.24) is 4.98 Å². The Kier molecular flexibility index (Phi) is 2.60. The Morgan fingerprint density at radius 3 is 2.93 bits per heavy atom. The van der Waals surface area contributed by atoms with Crippen molar-refractivity contribution in [3.63, 3.8) is 0 Å². The molecule has 14 heavy (non-hydrogen) atoms. The molecule has 4 heteroatoms. The van der Waals surface area contributed by atoms with Crippen LogP contribution in [-0.4, -0.2) is 22.8 Å². The molecule has 0 saturated heterocycles. The fraction of sp³-hybridized carbons (Fsp3) is 0.700. The number of hydrogen-bond acceptors (Lipinski definition) is 4. The van der Waals surface area contributed by atoms with Crippen LogP contribution in [0.2, 0.25) is 0 Å². The second-order valence-electron chi connectivity index (χ2n) is 3.77. The first kappa shape index (κ1) is 10.1. The Bertz CT molecular complexity index is 318. The highest BCUT2D eigenvalue weighted by atomic mass is 32.1. The van der Waals surface area contributed by atoms with E-state index in [1.807, 2.05) is 19.2 Å². The molecule has 1 aromatic rings. The zero-order chi connectivity index (χ0) is 10.2. The standard InChI is InChI=1S/C10H15NO2S/c1-3-13-8-4-10(12,5-8)9-6-14-7(2)11-9/h6,8,12H,3-5H2,1-2H3. The Labute approximate surface area is 87.7 Å². The van der Waals surface area contributed by atoms with Gasteiger partial charge in [-0.15, -0.1) is 11.3 Å². The van der Waals surface area contributed by atoms with Crippen LogP contribution >= 0.6 is 11.3 Å². The third-order valence-electron chi connectivity index (χ3n) is 2.63. The zero-order valence-corrected chi connectivity index (χ0v) is 9.30. The molecule has 78 valence electrons. The lowest BCUT2D eigenvalue weighted by Crippen LogP contribution is -2.46. The lowest BCUT2D eigenvalue weighted by molar-refractivity contribution is -0.144. The Balaban J connectivity index is 2.00. The molecular weight excluding hydrogens is 198 g/mol. The van der Waals surface area contributed by atoms with Gasteiger partial charge in [0.25, 0.3) is 0 Å². The maximum atomic E-state index is 10.2. The van der Waals surface area contributed by atoms with E-state index in [4.69, 9.17) is 4.74 Å². The molecule has 1 aliphatic rings. The summed E-state index contributed by atoms with van der Waals surface area (Å²) in [5.74, 6) is 0. The van der Waals surface area contributed by atoms with Crippen LogP contribution in [0.25, 0.3) is 0 Å². The van der Waals surface area contributed by atoms with E-state index in [2.05, 4.69) is 4.98 Å². The number of aryl methyl sites for hydroxylation is 1. The van der Waals surface area contributed by atoms with E-state index in [1.54, 1.807) is 11.3 Å². The van der Waals surface area contributed by atoms with Crippen molar-refractivity contribution in [1.29, 1.82) is 0 Å². The van der Waals surface area contributed by atoms with E-state index in [0.717, 1.165) is 17.3 Å². The number of hydrogen-bond donors (Lipinski definition) is 1. The summed E-state index contributed by atoms with van der Waals surface area (Å²) in [5, 5.41) is 13.1. The van der Waals surface area contributed by atoms with Crippen LogP contribution in [0.15, 0.2) is 5.38 Å². The third-order valence-corrected chi connectivity index (χ3v) is 3.40. The van der Waals surface area contributed by atoms with Crippen LogP contribution in [0, 0.1) is 6.92 Å². The van der Waals surface area contributed by atoms with Gasteiger partial charge < -0.3 is 9.84 Å². The summed E-state index contributed by atoms with van der Waals surface area (Å²) in [6.45, 7) is 4.65. The van der Waals surface area contributed by atoms with Gasteiger partial charge in [-0.2, -0.15) is 0 Å². The molecule has 1 saturated carbocycles. The van der Waals surface area contributed by atoms with Crippen molar-refractivity contribution in [2.45, 2.75) is 38.4 Å².